The van der Waals surface area contributed by atoms with Gasteiger partial charge in [-0.1, -0.05) is 176 Å². The van der Waals surface area contributed by atoms with Gasteiger partial charge in [-0.25, -0.2) is 9.97 Å². The van der Waals surface area contributed by atoms with Crippen LogP contribution in [0.3, 0.4) is 0 Å². The highest BCUT2D eigenvalue weighted by Crippen LogP contribution is 2.42. The second-order valence-electron chi connectivity index (χ2n) is 13.8. The smallest absolute Gasteiger partial charge is 0.160 e. The van der Waals surface area contributed by atoms with E-state index in [9.17, 15) is 0 Å². The summed E-state index contributed by atoms with van der Waals surface area (Å²) in [6.07, 6.45) is 0. The number of fused-ring (bicyclic) bond motifs is 5. The topological polar surface area (TPSA) is 25.8 Å². The van der Waals surface area contributed by atoms with E-state index in [2.05, 4.69) is 200 Å². The largest absolute Gasteiger partial charge is 0.228 e. The molecule has 0 bridgehead atoms. The Hall–Kier alpha value is -7.16. The number of aromatic nitrogens is 2. The second-order valence-corrected chi connectivity index (χ2v) is 13.8. The minimum atomic E-state index is 0.696. The summed E-state index contributed by atoms with van der Waals surface area (Å²) in [4.78, 5) is 10.4. The molecule has 0 atom stereocenters. The molecular formula is C52H34N2. The second kappa shape index (κ2) is 13.4. The van der Waals surface area contributed by atoms with Crippen molar-refractivity contribution in [1.82, 2.24) is 9.97 Å². The molecule has 2 nitrogen and oxygen atoms in total. The van der Waals surface area contributed by atoms with Crippen LogP contribution in [0, 0.1) is 0 Å². The molecule has 0 spiro atoms. The lowest BCUT2D eigenvalue weighted by Crippen LogP contribution is -1.96. The van der Waals surface area contributed by atoms with E-state index < -0.39 is 0 Å². The Morgan fingerprint density at radius 3 is 1.24 bits per heavy atom. The van der Waals surface area contributed by atoms with E-state index >= 15 is 0 Å². The summed E-state index contributed by atoms with van der Waals surface area (Å²) in [5, 5.41) is 7.45. The summed E-state index contributed by atoms with van der Waals surface area (Å²) in [7, 11) is 0. The first kappa shape index (κ1) is 31.6. The van der Waals surface area contributed by atoms with Crippen molar-refractivity contribution in [3.8, 4) is 67.3 Å². The summed E-state index contributed by atoms with van der Waals surface area (Å²) in [5.74, 6) is 0.696. The first-order valence-corrected chi connectivity index (χ1v) is 18.4. The summed E-state index contributed by atoms with van der Waals surface area (Å²) < 4.78 is 0. The quantitative estimate of drug-likeness (QED) is 0.163. The molecule has 0 N–H and O–H groups in total. The van der Waals surface area contributed by atoms with Gasteiger partial charge in [-0.2, -0.15) is 0 Å². The molecule has 0 amide bonds. The SMILES string of the molecule is c1ccc(-c2cccc(-c3cc(-c4ccccc4)nc(-c4cccc(-c5cc6c7ccccc7c(-c7ccccc7)cc6c6ccccc56)c4)n3)c2)cc1. The third-order valence-electron chi connectivity index (χ3n) is 10.5. The zero-order valence-electron chi connectivity index (χ0n) is 29.5. The zero-order chi connectivity index (χ0) is 35.8. The summed E-state index contributed by atoms with van der Waals surface area (Å²) >= 11 is 0. The molecule has 10 aromatic rings. The molecule has 9 aromatic carbocycles. The van der Waals surface area contributed by atoms with E-state index in [1.54, 1.807) is 0 Å². The van der Waals surface area contributed by atoms with Gasteiger partial charge in [-0.3, -0.25) is 0 Å². The monoisotopic (exact) mass is 686 g/mol. The molecule has 1 aromatic heterocycles. The number of nitrogens with zero attached hydrogens (tertiary/aromatic N) is 2. The van der Waals surface area contributed by atoms with Crippen molar-refractivity contribution in [2.75, 3.05) is 0 Å². The average molecular weight is 687 g/mol. The van der Waals surface area contributed by atoms with E-state index in [0.29, 0.717) is 5.82 Å². The van der Waals surface area contributed by atoms with Crippen LogP contribution in [0.5, 0.6) is 0 Å². The predicted molar refractivity (Wildman–Crippen MR) is 227 cm³/mol. The summed E-state index contributed by atoms with van der Waals surface area (Å²) in [5.41, 5.74) is 12.0. The maximum atomic E-state index is 5.25. The maximum Gasteiger partial charge on any atom is 0.160 e. The third kappa shape index (κ3) is 5.71. The van der Waals surface area contributed by atoms with Crippen molar-refractivity contribution in [1.29, 1.82) is 0 Å². The fraction of sp³-hybridized carbons (Fsp3) is 0. The lowest BCUT2D eigenvalue weighted by molar-refractivity contribution is 1.18. The molecule has 0 saturated heterocycles. The van der Waals surface area contributed by atoms with E-state index in [-0.39, 0.29) is 0 Å². The van der Waals surface area contributed by atoms with Crippen LogP contribution in [0.15, 0.2) is 206 Å². The lowest BCUT2D eigenvalue weighted by atomic mass is 9.87. The summed E-state index contributed by atoms with van der Waals surface area (Å²) in [6, 6.07) is 73.4. The zero-order valence-corrected chi connectivity index (χ0v) is 29.5. The maximum absolute atomic E-state index is 5.25. The molecule has 0 aliphatic rings. The molecule has 0 radical (unpaired) electrons. The Kier molecular flexibility index (Phi) is 7.85. The molecule has 252 valence electrons. The normalized spacial score (nSPS) is 11.3. The first-order valence-electron chi connectivity index (χ1n) is 18.4. The van der Waals surface area contributed by atoms with E-state index in [1.807, 2.05) is 6.07 Å². The van der Waals surface area contributed by atoms with Crippen molar-refractivity contribution in [3.63, 3.8) is 0 Å². The number of rotatable bonds is 6. The third-order valence-corrected chi connectivity index (χ3v) is 10.5. The van der Waals surface area contributed by atoms with E-state index in [4.69, 9.17) is 9.97 Å². The van der Waals surface area contributed by atoms with Crippen molar-refractivity contribution < 1.29 is 0 Å². The number of benzene rings is 9. The molecule has 0 saturated carbocycles. The minimum absolute atomic E-state index is 0.696. The highest BCUT2D eigenvalue weighted by atomic mass is 14.9. The van der Waals surface area contributed by atoms with Crippen LogP contribution in [0.1, 0.15) is 0 Å². The molecule has 0 aliphatic carbocycles. The molecule has 0 fully saturated rings. The standard InChI is InChI=1S/C52H34N2/c1-4-16-35(17-5-1)38-22-14-24-40(30-38)51-34-50(37-20-8-3-9-21-37)53-52(54-51)41-25-15-23-39(31-41)47-33-49-44-28-12-10-26-42(44)46(36-18-6-2-7-19-36)32-48(49)45-29-13-11-27-43(45)47/h1-34H. The molecule has 1 heterocycles. The number of hydrogen-bond acceptors (Lipinski definition) is 2. The highest BCUT2D eigenvalue weighted by Gasteiger charge is 2.16. The Bertz CT molecular complexity index is 2970. The van der Waals surface area contributed by atoms with Gasteiger partial charge in [0.2, 0.25) is 0 Å². The van der Waals surface area contributed by atoms with Gasteiger partial charge >= 0.3 is 0 Å². The summed E-state index contributed by atoms with van der Waals surface area (Å²) in [6.45, 7) is 0. The van der Waals surface area contributed by atoms with Crippen molar-refractivity contribution in [2.45, 2.75) is 0 Å². The lowest BCUT2D eigenvalue weighted by Gasteiger charge is -2.16. The van der Waals surface area contributed by atoms with Crippen LogP contribution in [0.2, 0.25) is 0 Å². The van der Waals surface area contributed by atoms with Crippen LogP contribution < -0.4 is 0 Å². The first-order chi connectivity index (χ1) is 26.8. The van der Waals surface area contributed by atoms with Gasteiger partial charge in [0, 0.05) is 16.7 Å². The average Bonchev–Trinajstić information content (AvgIpc) is 3.26. The van der Waals surface area contributed by atoms with Crippen LogP contribution in [0.25, 0.3) is 99.6 Å². The molecular weight excluding hydrogens is 653 g/mol. The van der Waals surface area contributed by atoms with Crippen molar-refractivity contribution >= 4 is 32.3 Å². The van der Waals surface area contributed by atoms with Crippen LogP contribution in [-0.4, -0.2) is 9.97 Å². The Balaban J connectivity index is 1.16. The molecule has 2 heteroatoms. The van der Waals surface area contributed by atoms with Gasteiger partial charge in [0.15, 0.2) is 5.82 Å². The van der Waals surface area contributed by atoms with E-state index in [1.165, 1.54) is 54.6 Å². The van der Waals surface area contributed by atoms with Crippen LogP contribution >= 0.6 is 0 Å². The van der Waals surface area contributed by atoms with Gasteiger partial charge < -0.3 is 0 Å². The Labute approximate surface area is 314 Å². The van der Waals surface area contributed by atoms with Gasteiger partial charge in [0.05, 0.1) is 11.4 Å². The van der Waals surface area contributed by atoms with Gasteiger partial charge in [0.25, 0.3) is 0 Å². The molecule has 54 heavy (non-hydrogen) atoms. The Morgan fingerprint density at radius 2 is 0.630 bits per heavy atom. The predicted octanol–water partition coefficient (Wildman–Crippen LogP) is 13.9. The molecule has 0 unspecified atom stereocenters. The van der Waals surface area contributed by atoms with Gasteiger partial charge in [-0.05, 0) is 96.0 Å². The highest BCUT2D eigenvalue weighted by molar-refractivity contribution is 6.23. The van der Waals surface area contributed by atoms with Crippen LogP contribution in [0.4, 0.5) is 0 Å². The Morgan fingerprint density at radius 1 is 0.222 bits per heavy atom. The van der Waals surface area contributed by atoms with Crippen molar-refractivity contribution in [2.24, 2.45) is 0 Å². The van der Waals surface area contributed by atoms with Crippen LogP contribution in [-0.2, 0) is 0 Å². The number of hydrogen-bond donors (Lipinski definition) is 0. The van der Waals surface area contributed by atoms with E-state index in [0.717, 1.165) is 39.2 Å². The fourth-order valence-corrected chi connectivity index (χ4v) is 7.84. The van der Waals surface area contributed by atoms with Crippen molar-refractivity contribution in [3.05, 3.63) is 206 Å². The minimum Gasteiger partial charge on any atom is -0.228 e. The fourth-order valence-electron chi connectivity index (χ4n) is 7.84. The molecule has 10 rings (SSSR count). The molecule has 0 aliphatic heterocycles. The van der Waals surface area contributed by atoms with Gasteiger partial charge in [-0.15, -0.1) is 0 Å². The van der Waals surface area contributed by atoms with Gasteiger partial charge in [0.1, 0.15) is 0 Å².